The van der Waals surface area contributed by atoms with Crippen LogP contribution in [0.1, 0.15) is 0 Å². The number of carboxylic acids is 2. The molecule has 0 spiro atoms. The second-order valence-corrected chi connectivity index (χ2v) is 1.94. The third kappa shape index (κ3) is 57.5. The first-order chi connectivity index (χ1) is 7.45. The number of aliphatic carboxylic acids is 2. The van der Waals surface area contributed by atoms with Gasteiger partial charge in [-0.2, -0.15) is 0 Å². The first-order valence-corrected chi connectivity index (χ1v) is 4.03. The van der Waals surface area contributed by atoms with Crippen LogP contribution in [0.15, 0.2) is 37.5 Å². The topological polar surface area (TPSA) is 115 Å². The lowest BCUT2D eigenvalue weighted by Crippen LogP contribution is -1.86. The van der Waals surface area contributed by atoms with Crippen LogP contribution in [0.5, 0.6) is 0 Å². The average molecular weight is 232 g/mol. The van der Waals surface area contributed by atoms with Crippen LogP contribution in [0.25, 0.3) is 0 Å². The molecule has 0 rings (SSSR count). The molecule has 6 nitrogen and oxygen atoms in total. The summed E-state index contributed by atoms with van der Waals surface area (Å²) in [6.07, 6.45) is 4.31. The van der Waals surface area contributed by atoms with Crippen molar-refractivity contribution >= 4 is 11.9 Å². The van der Waals surface area contributed by atoms with E-state index in [2.05, 4.69) is 13.2 Å². The first kappa shape index (κ1) is 19.6. The maximum Gasteiger partial charge on any atom is 0.328 e. The van der Waals surface area contributed by atoms with Crippen LogP contribution in [-0.2, 0) is 9.59 Å². The highest BCUT2D eigenvalue weighted by atomic mass is 16.4. The van der Waals surface area contributed by atoms with Gasteiger partial charge in [0.15, 0.2) is 0 Å². The molecule has 0 aromatic heterocycles. The number of hydrogen-bond acceptors (Lipinski definition) is 4. The maximum atomic E-state index is 9.56. The largest absolute Gasteiger partial charge is 0.478 e. The van der Waals surface area contributed by atoms with Gasteiger partial charge in [-0.3, -0.25) is 0 Å². The van der Waals surface area contributed by atoms with E-state index < -0.39 is 11.9 Å². The Morgan fingerprint density at radius 2 is 1.38 bits per heavy atom. The fourth-order valence-corrected chi connectivity index (χ4v) is 0.154. The van der Waals surface area contributed by atoms with Gasteiger partial charge in [0.1, 0.15) is 0 Å². The van der Waals surface area contributed by atoms with Gasteiger partial charge in [0, 0.05) is 12.2 Å². The minimum Gasteiger partial charge on any atom is -0.478 e. The highest BCUT2D eigenvalue weighted by Crippen LogP contribution is 1.67. The molecule has 0 saturated heterocycles. The Labute approximate surface area is 93.5 Å². The molecular weight excluding hydrogens is 216 g/mol. The normalized spacial score (nSPS) is 7.88. The third-order valence-corrected chi connectivity index (χ3v) is 0.670. The second kappa shape index (κ2) is 18.8. The zero-order chi connectivity index (χ0) is 13.4. The van der Waals surface area contributed by atoms with Gasteiger partial charge < -0.3 is 20.4 Å². The lowest BCUT2D eigenvalue weighted by molar-refractivity contribution is -0.132. The number of aliphatic hydroxyl groups excluding tert-OH is 2. The zero-order valence-electron chi connectivity index (χ0n) is 8.74. The summed E-state index contributed by atoms with van der Waals surface area (Å²) < 4.78 is 0. The molecule has 4 N–H and O–H groups in total. The van der Waals surface area contributed by atoms with Gasteiger partial charge in [-0.1, -0.05) is 18.7 Å². The molecule has 0 heterocycles. The van der Waals surface area contributed by atoms with Crippen molar-refractivity contribution in [2.24, 2.45) is 0 Å². The van der Waals surface area contributed by atoms with Gasteiger partial charge in [-0.15, -0.1) is 6.58 Å². The molecule has 6 heteroatoms. The van der Waals surface area contributed by atoms with Crippen LogP contribution in [0, 0.1) is 0 Å². The average Bonchev–Trinajstić information content (AvgIpc) is 2.27. The van der Waals surface area contributed by atoms with Crippen molar-refractivity contribution in [2.45, 2.75) is 0 Å². The molecule has 0 aliphatic heterocycles. The number of carboxylic acid groups (broad SMARTS) is 2. The number of rotatable bonds is 4. The molecule has 0 aromatic rings. The van der Waals surface area contributed by atoms with E-state index in [9.17, 15) is 9.59 Å². The van der Waals surface area contributed by atoms with Crippen molar-refractivity contribution in [1.82, 2.24) is 0 Å². The predicted molar refractivity (Wildman–Crippen MR) is 59.0 cm³/mol. The molecule has 0 aromatic carbocycles. The summed E-state index contributed by atoms with van der Waals surface area (Å²) in [5.41, 5.74) is 0. The summed E-state index contributed by atoms with van der Waals surface area (Å²) in [6, 6.07) is 0. The van der Waals surface area contributed by atoms with Crippen LogP contribution < -0.4 is 0 Å². The molecule has 0 radical (unpaired) electrons. The Hall–Kier alpha value is -1.92. The van der Waals surface area contributed by atoms with E-state index in [1.807, 2.05) is 0 Å². The Balaban J connectivity index is -0.000000166. The Bertz CT molecular complexity index is 231. The quantitative estimate of drug-likeness (QED) is 0.402. The number of hydrogen-bond donors (Lipinski definition) is 4. The molecular formula is C10H16O6. The van der Waals surface area contributed by atoms with Crippen molar-refractivity contribution in [1.29, 1.82) is 0 Å². The van der Waals surface area contributed by atoms with E-state index in [1.54, 1.807) is 0 Å². The van der Waals surface area contributed by atoms with Crippen LogP contribution in [0.3, 0.4) is 0 Å². The van der Waals surface area contributed by atoms with E-state index in [4.69, 9.17) is 20.4 Å². The van der Waals surface area contributed by atoms with Crippen molar-refractivity contribution in [3.05, 3.63) is 37.5 Å². The standard InChI is InChI=1S/C4H6O3.C3H4O2.C3H6O/c5-3-1-2-4(6)7;1-2-3(4)5;1-2-3-4/h1-2,5H,3H2,(H,6,7);2H,1H2,(H,4,5);2,4H,1,3H2/b2-1+;;. The summed E-state index contributed by atoms with van der Waals surface area (Å²) in [6.45, 7) is 6.06. The SMILES string of the molecule is C=CC(=O)O.C=CCO.O=C(O)/C=C/CO. The van der Waals surface area contributed by atoms with Gasteiger partial charge in [0.25, 0.3) is 0 Å². The minimum absolute atomic E-state index is 0.0833. The molecule has 0 atom stereocenters. The first-order valence-electron chi connectivity index (χ1n) is 4.03. The number of carbonyl (C=O) groups is 2. The van der Waals surface area contributed by atoms with Gasteiger partial charge in [0.05, 0.1) is 13.2 Å². The summed E-state index contributed by atoms with van der Waals surface area (Å²) in [7, 11) is 0. The van der Waals surface area contributed by atoms with Crippen LogP contribution >= 0.6 is 0 Å². The molecule has 0 aliphatic rings. The van der Waals surface area contributed by atoms with Crippen LogP contribution in [0.4, 0.5) is 0 Å². The summed E-state index contributed by atoms with van der Waals surface area (Å²) in [5, 5.41) is 31.2. The summed E-state index contributed by atoms with van der Waals surface area (Å²) in [5.74, 6) is -2.01. The highest BCUT2D eigenvalue weighted by Gasteiger charge is 1.79. The lowest BCUT2D eigenvalue weighted by Gasteiger charge is -1.73. The van der Waals surface area contributed by atoms with Gasteiger partial charge in [0.2, 0.25) is 0 Å². The van der Waals surface area contributed by atoms with Crippen molar-refractivity contribution in [3.63, 3.8) is 0 Å². The van der Waals surface area contributed by atoms with E-state index in [0.717, 1.165) is 18.2 Å². The van der Waals surface area contributed by atoms with E-state index in [1.165, 1.54) is 6.08 Å². The molecule has 16 heavy (non-hydrogen) atoms. The lowest BCUT2D eigenvalue weighted by atomic mass is 10.5. The van der Waals surface area contributed by atoms with Crippen molar-refractivity contribution < 1.29 is 30.0 Å². The highest BCUT2D eigenvalue weighted by molar-refractivity contribution is 5.79. The minimum atomic E-state index is -1.03. The Kier molecular flexibility index (Phi) is 23.0. The molecule has 92 valence electrons. The van der Waals surface area contributed by atoms with Gasteiger partial charge in [-0.25, -0.2) is 9.59 Å². The Morgan fingerprint density at radius 1 is 1.00 bits per heavy atom. The van der Waals surface area contributed by atoms with E-state index >= 15 is 0 Å². The monoisotopic (exact) mass is 232 g/mol. The van der Waals surface area contributed by atoms with E-state index in [0.29, 0.717) is 0 Å². The van der Waals surface area contributed by atoms with Gasteiger partial charge >= 0.3 is 11.9 Å². The molecule has 0 bridgehead atoms. The van der Waals surface area contributed by atoms with Gasteiger partial charge in [-0.05, 0) is 0 Å². The molecule has 0 amide bonds. The van der Waals surface area contributed by atoms with Crippen molar-refractivity contribution in [3.8, 4) is 0 Å². The van der Waals surface area contributed by atoms with E-state index in [-0.39, 0.29) is 13.2 Å². The smallest absolute Gasteiger partial charge is 0.328 e. The second-order valence-electron chi connectivity index (χ2n) is 1.94. The Morgan fingerprint density at radius 3 is 1.44 bits per heavy atom. The molecule has 0 unspecified atom stereocenters. The third-order valence-electron chi connectivity index (χ3n) is 0.670. The molecule has 0 saturated carbocycles. The maximum absolute atomic E-state index is 9.56. The fraction of sp³-hybridized carbons (Fsp3) is 0.200. The zero-order valence-corrected chi connectivity index (χ0v) is 8.74. The van der Waals surface area contributed by atoms with Crippen LogP contribution in [-0.4, -0.2) is 45.6 Å². The van der Waals surface area contributed by atoms with Crippen LogP contribution in [0.2, 0.25) is 0 Å². The molecule has 0 fully saturated rings. The molecule has 0 aliphatic carbocycles. The summed E-state index contributed by atoms with van der Waals surface area (Å²) in [4.78, 5) is 18.8. The number of aliphatic hydroxyl groups is 2. The predicted octanol–water partition coefficient (Wildman–Crippen LogP) is 0.0412. The van der Waals surface area contributed by atoms with Crippen molar-refractivity contribution in [2.75, 3.05) is 13.2 Å². The fourth-order valence-electron chi connectivity index (χ4n) is 0.154. The summed E-state index contributed by atoms with van der Waals surface area (Å²) >= 11 is 0.